The zero-order valence-corrected chi connectivity index (χ0v) is 9.83. The predicted octanol–water partition coefficient (Wildman–Crippen LogP) is 1.13. The smallest absolute Gasteiger partial charge is 0.134 e. The van der Waals surface area contributed by atoms with E-state index in [1.54, 1.807) is 0 Å². The van der Waals surface area contributed by atoms with Gasteiger partial charge in [0.2, 0.25) is 0 Å². The van der Waals surface area contributed by atoms with E-state index in [0.29, 0.717) is 0 Å². The van der Waals surface area contributed by atoms with Crippen LogP contribution in [-0.4, -0.2) is 46.1 Å². The van der Waals surface area contributed by atoms with Gasteiger partial charge in [-0.25, -0.2) is 0 Å². The zero-order valence-electron chi connectivity index (χ0n) is 8.19. The third kappa shape index (κ3) is 2.37. The Morgan fingerprint density at radius 2 is 2.21 bits per heavy atom. The molecule has 1 fully saturated rings. The van der Waals surface area contributed by atoms with E-state index >= 15 is 0 Å². The van der Waals surface area contributed by atoms with Crippen LogP contribution in [0.2, 0.25) is 0 Å². The van der Waals surface area contributed by atoms with Crippen LogP contribution < -0.4 is 5.32 Å². The molecule has 14 heavy (non-hydrogen) atoms. The molecule has 1 saturated heterocycles. The lowest BCUT2D eigenvalue weighted by Crippen LogP contribution is -2.32. The fourth-order valence-corrected chi connectivity index (χ4v) is 2.97. The van der Waals surface area contributed by atoms with Crippen LogP contribution in [-0.2, 0) is 6.54 Å². The Balaban J connectivity index is 1.95. The number of rotatable bonds is 3. The molecule has 0 spiro atoms. The van der Waals surface area contributed by atoms with Crippen LogP contribution in [0.3, 0.4) is 0 Å². The third-order valence-electron chi connectivity index (χ3n) is 2.26. The van der Waals surface area contributed by atoms with Crippen molar-refractivity contribution in [3.05, 3.63) is 5.69 Å². The van der Waals surface area contributed by atoms with Crippen molar-refractivity contribution in [2.24, 2.45) is 0 Å². The largest absolute Gasteiger partial charge is 0.377 e. The summed E-state index contributed by atoms with van der Waals surface area (Å²) in [6.45, 7) is 3.28. The van der Waals surface area contributed by atoms with Crippen molar-refractivity contribution in [2.75, 3.05) is 37.0 Å². The molecule has 78 valence electrons. The highest BCUT2D eigenvalue weighted by molar-refractivity contribution is 7.99. The molecule has 1 N–H and O–H groups in total. The zero-order chi connectivity index (χ0) is 9.80. The van der Waals surface area contributed by atoms with E-state index in [2.05, 4.69) is 19.8 Å². The summed E-state index contributed by atoms with van der Waals surface area (Å²) in [7, 11) is 1.92. The van der Waals surface area contributed by atoms with E-state index in [0.717, 1.165) is 17.2 Å². The van der Waals surface area contributed by atoms with Gasteiger partial charge < -0.3 is 5.32 Å². The van der Waals surface area contributed by atoms with Crippen LogP contribution in [0.4, 0.5) is 5.00 Å². The van der Waals surface area contributed by atoms with Crippen molar-refractivity contribution in [1.82, 2.24) is 14.5 Å². The van der Waals surface area contributed by atoms with Gasteiger partial charge in [-0.1, -0.05) is 4.49 Å². The van der Waals surface area contributed by atoms with Crippen molar-refractivity contribution in [3.63, 3.8) is 0 Å². The number of nitrogens with zero attached hydrogens (tertiary/aromatic N) is 3. The fourth-order valence-electron chi connectivity index (χ4n) is 1.47. The topological polar surface area (TPSA) is 41.1 Å². The van der Waals surface area contributed by atoms with E-state index < -0.39 is 0 Å². The van der Waals surface area contributed by atoms with Gasteiger partial charge in [0.1, 0.15) is 10.7 Å². The maximum Gasteiger partial charge on any atom is 0.134 e. The summed E-state index contributed by atoms with van der Waals surface area (Å²) in [5, 5.41) is 8.37. The first-order valence-corrected chi connectivity index (χ1v) is 6.62. The Labute approximate surface area is 92.2 Å². The monoisotopic (exact) mass is 230 g/mol. The van der Waals surface area contributed by atoms with E-state index in [1.165, 1.54) is 36.1 Å². The van der Waals surface area contributed by atoms with Gasteiger partial charge in [0.05, 0.1) is 0 Å². The molecule has 0 aromatic carbocycles. The van der Waals surface area contributed by atoms with E-state index in [4.69, 9.17) is 0 Å². The first-order chi connectivity index (χ1) is 6.90. The Hall–Kier alpha value is -0.330. The highest BCUT2D eigenvalue weighted by atomic mass is 32.2. The predicted molar refractivity (Wildman–Crippen MR) is 62.1 cm³/mol. The summed E-state index contributed by atoms with van der Waals surface area (Å²) in [5.41, 5.74) is 1.09. The highest BCUT2D eigenvalue weighted by Crippen LogP contribution is 2.20. The summed E-state index contributed by atoms with van der Waals surface area (Å²) >= 11 is 3.46. The van der Waals surface area contributed by atoms with Crippen molar-refractivity contribution < 1.29 is 0 Å². The first kappa shape index (κ1) is 10.2. The molecule has 4 nitrogen and oxygen atoms in total. The molecule has 6 heteroatoms. The molecule has 1 aromatic heterocycles. The van der Waals surface area contributed by atoms with Gasteiger partial charge in [-0.05, 0) is 0 Å². The number of hydrogen-bond donors (Lipinski definition) is 1. The third-order valence-corrected chi connectivity index (χ3v) is 3.99. The summed E-state index contributed by atoms with van der Waals surface area (Å²) in [6.07, 6.45) is 0. The van der Waals surface area contributed by atoms with E-state index in [-0.39, 0.29) is 0 Å². The van der Waals surface area contributed by atoms with Gasteiger partial charge in [-0.3, -0.25) is 4.90 Å². The van der Waals surface area contributed by atoms with Crippen LogP contribution in [0.15, 0.2) is 0 Å². The van der Waals surface area contributed by atoms with Gasteiger partial charge in [-0.2, -0.15) is 11.8 Å². The standard InChI is InChI=1S/C8H14N4S2/c1-9-8-7(10-11-14-8)6-12-2-4-13-5-3-12/h9H,2-6H2,1H3. The summed E-state index contributed by atoms with van der Waals surface area (Å²) in [5.74, 6) is 2.49. The van der Waals surface area contributed by atoms with E-state index in [9.17, 15) is 0 Å². The Kier molecular flexibility index (Phi) is 3.61. The number of hydrogen-bond acceptors (Lipinski definition) is 6. The number of thioether (sulfide) groups is 1. The van der Waals surface area contributed by atoms with Crippen molar-refractivity contribution in [3.8, 4) is 0 Å². The minimum absolute atomic E-state index is 0.938. The Morgan fingerprint density at radius 3 is 2.93 bits per heavy atom. The molecular formula is C8H14N4S2. The molecule has 1 aliphatic rings. The second-order valence-corrected chi connectivity index (χ2v) is 5.17. The van der Waals surface area contributed by atoms with Gasteiger partial charge >= 0.3 is 0 Å². The molecule has 0 radical (unpaired) electrons. The lowest BCUT2D eigenvalue weighted by atomic mass is 10.4. The number of nitrogens with one attached hydrogen (secondary N) is 1. The SMILES string of the molecule is CNc1snnc1CN1CCSCC1. The molecule has 1 aromatic rings. The van der Waals surface area contributed by atoms with Gasteiger partial charge in [0, 0.05) is 49.7 Å². The second kappa shape index (κ2) is 4.95. The molecule has 2 heterocycles. The molecule has 0 amide bonds. The summed E-state index contributed by atoms with van der Waals surface area (Å²) < 4.78 is 3.96. The number of anilines is 1. The average molecular weight is 230 g/mol. The molecular weight excluding hydrogens is 216 g/mol. The lowest BCUT2D eigenvalue weighted by molar-refractivity contribution is 0.291. The van der Waals surface area contributed by atoms with Gasteiger partial charge in [0.25, 0.3) is 0 Å². The normalized spacial score (nSPS) is 18.4. The minimum Gasteiger partial charge on any atom is -0.377 e. The molecule has 2 rings (SSSR count). The summed E-state index contributed by atoms with van der Waals surface area (Å²) in [6, 6.07) is 0. The second-order valence-electron chi connectivity index (χ2n) is 3.19. The lowest BCUT2D eigenvalue weighted by Gasteiger charge is -2.25. The highest BCUT2D eigenvalue weighted by Gasteiger charge is 2.14. The molecule has 0 unspecified atom stereocenters. The summed E-state index contributed by atoms with van der Waals surface area (Å²) in [4.78, 5) is 2.44. The first-order valence-electron chi connectivity index (χ1n) is 4.69. The van der Waals surface area contributed by atoms with Crippen LogP contribution in [0, 0.1) is 0 Å². The Morgan fingerprint density at radius 1 is 1.43 bits per heavy atom. The van der Waals surface area contributed by atoms with Crippen LogP contribution >= 0.6 is 23.3 Å². The number of aromatic nitrogens is 2. The van der Waals surface area contributed by atoms with Crippen molar-refractivity contribution in [1.29, 1.82) is 0 Å². The van der Waals surface area contributed by atoms with Gasteiger partial charge in [-0.15, -0.1) is 5.10 Å². The molecule has 0 aliphatic carbocycles. The quantitative estimate of drug-likeness (QED) is 0.843. The Bertz CT molecular complexity index is 283. The van der Waals surface area contributed by atoms with Crippen LogP contribution in [0.5, 0.6) is 0 Å². The maximum atomic E-state index is 4.14. The molecule has 0 bridgehead atoms. The molecule has 1 aliphatic heterocycles. The van der Waals surface area contributed by atoms with Crippen molar-refractivity contribution in [2.45, 2.75) is 6.54 Å². The molecule has 0 saturated carbocycles. The van der Waals surface area contributed by atoms with Gasteiger partial charge in [0.15, 0.2) is 0 Å². The minimum atomic E-state index is 0.938. The average Bonchev–Trinajstić information content (AvgIpc) is 2.67. The van der Waals surface area contributed by atoms with E-state index in [1.807, 2.05) is 18.8 Å². The fraction of sp³-hybridized carbons (Fsp3) is 0.750. The van der Waals surface area contributed by atoms with Crippen molar-refractivity contribution >= 4 is 28.3 Å². The molecule has 0 atom stereocenters. The van der Waals surface area contributed by atoms with Crippen LogP contribution in [0.1, 0.15) is 5.69 Å². The van der Waals surface area contributed by atoms with Crippen LogP contribution in [0.25, 0.3) is 0 Å². The maximum absolute atomic E-state index is 4.14.